The SMILES string of the molecule is CC.CC.CCOc1ccc(OCC(C)C)cc1. The normalized spacial score (nSPS) is 8.67. The van der Waals surface area contributed by atoms with Crippen molar-refractivity contribution in [2.45, 2.75) is 48.5 Å². The van der Waals surface area contributed by atoms with Gasteiger partial charge in [-0.15, -0.1) is 0 Å². The van der Waals surface area contributed by atoms with Gasteiger partial charge in [-0.05, 0) is 37.1 Å². The van der Waals surface area contributed by atoms with Gasteiger partial charge in [0, 0.05) is 0 Å². The molecule has 0 unspecified atom stereocenters. The van der Waals surface area contributed by atoms with E-state index in [0.29, 0.717) is 12.5 Å². The lowest BCUT2D eigenvalue weighted by atomic mass is 10.2. The molecule has 0 aromatic heterocycles. The molecule has 1 rings (SSSR count). The van der Waals surface area contributed by atoms with E-state index in [1.807, 2.05) is 58.9 Å². The third kappa shape index (κ3) is 10.0. The van der Waals surface area contributed by atoms with Gasteiger partial charge in [0.15, 0.2) is 0 Å². The number of benzene rings is 1. The molecular formula is C16H30O2. The Hall–Kier alpha value is -1.18. The van der Waals surface area contributed by atoms with Gasteiger partial charge in [0.05, 0.1) is 13.2 Å². The predicted molar refractivity (Wildman–Crippen MR) is 80.6 cm³/mol. The van der Waals surface area contributed by atoms with Crippen LogP contribution >= 0.6 is 0 Å². The maximum Gasteiger partial charge on any atom is 0.119 e. The van der Waals surface area contributed by atoms with Crippen LogP contribution in [0.2, 0.25) is 0 Å². The summed E-state index contributed by atoms with van der Waals surface area (Å²) >= 11 is 0. The highest BCUT2D eigenvalue weighted by molar-refractivity contribution is 5.31. The second-order valence-corrected chi connectivity index (χ2v) is 3.61. The van der Waals surface area contributed by atoms with Gasteiger partial charge in [-0.25, -0.2) is 0 Å². The van der Waals surface area contributed by atoms with Crippen molar-refractivity contribution in [1.29, 1.82) is 0 Å². The summed E-state index contributed by atoms with van der Waals surface area (Å²) in [6.45, 7) is 15.7. The lowest BCUT2D eigenvalue weighted by Gasteiger charge is -2.09. The minimum atomic E-state index is 0.557. The van der Waals surface area contributed by atoms with Crippen molar-refractivity contribution in [2.24, 2.45) is 5.92 Å². The summed E-state index contributed by atoms with van der Waals surface area (Å²) in [5.74, 6) is 2.35. The molecular weight excluding hydrogens is 224 g/mol. The first kappa shape index (κ1) is 19.2. The first-order chi connectivity index (χ1) is 8.72. The van der Waals surface area contributed by atoms with Gasteiger partial charge < -0.3 is 9.47 Å². The molecule has 0 heterocycles. The molecule has 0 aliphatic carbocycles. The zero-order valence-electron chi connectivity index (χ0n) is 13.1. The van der Waals surface area contributed by atoms with Crippen LogP contribution < -0.4 is 9.47 Å². The standard InChI is InChI=1S/C12H18O2.2C2H6/c1-4-13-11-5-7-12(8-6-11)14-9-10(2)3;2*1-2/h5-8,10H,4,9H2,1-3H3;2*1-2H3. The molecule has 0 aliphatic rings. The molecule has 0 aliphatic heterocycles. The van der Waals surface area contributed by atoms with Crippen LogP contribution in [0.3, 0.4) is 0 Å². The lowest BCUT2D eigenvalue weighted by Crippen LogP contribution is -2.04. The first-order valence-corrected chi connectivity index (χ1v) is 7.08. The molecule has 18 heavy (non-hydrogen) atoms. The van der Waals surface area contributed by atoms with E-state index in [9.17, 15) is 0 Å². The highest BCUT2D eigenvalue weighted by Crippen LogP contribution is 2.17. The molecule has 1 aromatic rings. The van der Waals surface area contributed by atoms with Crippen LogP contribution in [0.5, 0.6) is 11.5 Å². The molecule has 0 saturated heterocycles. The molecule has 0 bridgehead atoms. The van der Waals surface area contributed by atoms with Gasteiger partial charge in [-0.2, -0.15) is 0 Å². The fourth-order valence-corrected chi connectivity index (χ4v) is 1.06. The summed E-state index contributed by atoms with van der Waals surface area (Å²) < 4.78 is 10.9. The van der Waals surface area contributed by atoms with Crippen LogP contribution in [0.1, 0.15) is 48.5 Å². The van der Waals surface area contributed by atoms with E-state index < -0.39 is 0 Å². The highest BCUT2D eigenvalue weighted by Gasteiger charge is 1.97. The summed E-state index contributed by atoms with van der Waals surface area (Å²) in [6.07, 6.45) is 0. The molecule has 106 valence electrons. The largest absolute Gasteiger partial charge is 0.494 e. The number of rotatable bonds is 5. The van der Waals surface area contributed by atoms with Crippen LogP contribution in [0.15, 0.2) is 24.3 Å². The number of hydrogen-bond donors (Lipinski definition) is 0. The smallest absolute Gasteiger partial charge is 0.119 e. The Kier molecular flexibility index (Phi) is 14.8. The van der Waals surface area contributed by atoms with Crippen LogP contribution in [0.25, 0.3) is 0 Å². The average molecular weight is 254 g/mol. The average Bonchev–Trinajstić information content (AvgIpc) is 2.43. The summed E-state index contributed by atoms with van der Waals surface area (Å²) in [6, 6.07) is 7.74. The molecule has 0 spiro atoms. The fourth-order valence-electron chi connectivity index (χ4n) is 1.06. The van der Waals surface area contributed by atoms with Crippen molar-refractivity contribution < 1.29 is 9.47 Å². The van der Waals surface area contributed by atoms with E-state index in [0.717, 1.165) is 18.1 Å². The van der Waals surface area contributed by atoms with E-state index in [-0.39, 0.29) is 0 Å². The van der Waals surface area contributed by atoms with E-state index >= 15 is 0 Å². The minimum absolute atomic E-state index is 0.557. The minimum Gasteiger partial charge on any atom is -0.494 e. The van der Waals surface area contributed by atoms with E-state index in [1.165, 1.54) is 0 Å². The lowest BCUT2D eigenvalue weighted by molar-refractivity contribution is 0.270. The maximum absolute atomic E-state index is 5.54. The summed E-state index contributed by atoms with van der Waals surface area (Å²) in [7, 11) is 0. The van der Waals surface area contributed by atoms with Gasteiger partial charge >= 0.3 is 0 Å². The number of ether oxygens (including phenoxy) is 2. The quantitative estimate of drug-likeness (QED) is 0.721. The Morgan fingerprint density at radius 2 is 1.22 bits per heavy atom. The molecule has 0 saturated carbocycles. The number of hydrogen-bond acceptors (Lipinski definition) is 2. The van der Waals surface area contributed by atoms with Crippen molar-refractivity contribution in [2.75, 3.05) is 13.2 Å². The van der Waals surface area contributed by atoms with E-state index in [4.69, 9.17) is 9.47 Å². The molecule has 0 N–H and O–H groups in total. The van der Waals surface area contributed by atoms with E-state index in [1.54, 1.807) is 0 Å². The monoisotopic (exact) mass is 254 g/mol. The highest BCUT2D eigenvalue weighted by atomic mass is 16.5. The Bertz CT molecular complexity index is 252. The fraction of sp³-hybridized carbons (Fsp3) is 0.625. The van der Waals surface area contributed by atoms with Gasteiger partial charge in [0.25, 0.3) is 0 Å². The van der Waals surface area contributed by atoms with Crippen LogP contribution in [0, 0.1) is 5.92 Å². The summed E-state index contributed by atoms with van der Waals surface area (Å²) in [4.78, 5) is 0. The van der Waals surface area contributed by atoms with Crippen molar-refractivity contribution in [1.82, 2.24) is 0 Å². The molecule has 2 heteroatoms. The molecule has 1 aromatic carbocycles. The van der Waals surface area contributed by atoms with Crippen LogP contribution in [-0.4, -0.2) is 13.2 Å². The molecule has 0 fully saturated rings. The zero-order valence-corrected chi connectivity index (χ0v) is 13.1. The van der Waals surface area contributed by atoms with E-state index in [2.05, 4.69) is 13.8 Å². The van der Waals surface area contributed by atoms with Crippen molar-refractivity contribution in [3.8, 4) is 11.5 Å². The molecule has 0 atom stereocenters. The topological polar surface area (TPSA) is 18.5 Å². The summed E-state index contributed by atoms with van der Waals surface area (Å²) in [5.41, 5.74) is 0. The Morgan fingerprint density at radius 1 is 0.833 bits per heavy atom. The first-order valence-electron chi connectivity index (χ1n) is 7.08. The van der Waals surface area contributed by atoms with Gasteiger partial charge in [-0.1, -0.05) is 41.5 Å². The van der Waals surface area contributed by atoms with Gasteiger partial charge in [0.2, 0.25) is 0 Å². The van der Waals surface area contributed by atoms with Crippen molar-refractivity contribution in [3.05, 3.63) is 24.3 Å². The maximum atomic E-state index is 5.54. The van der Waals surface area contributed by atoms with Crippen LogP contribution in [-0.2, 0) is 0 Å². The second-order valence-electron chi connectivity index (χ2n) is 3.61. The van der Waals surface area contributed by atoms with Crippen molar-refractivity contribution in [3.63, 3.8) is 0 Å². The Balaban J connectivity index is 0. The van der Waals surface area contributed by atoms with Crippen molar-refractivity contribution >= 4 is 0 Å². The third-order valence-corrected chi connectivity index (χ3v) is 1.72. The van der Waals surface area contributed by atoms with Gasteiger partial charge in [0.1, 0.15) is 11.5 Å². The summed E-state index contributed by atoms with van der Waals surface area (Å²) in [5, 5.41) is 0. The molecule has 0 amide bonds. The Morgan fingerprint density at radius 3 is 1.56 bits per heavy atom. The predicted octanol–water partition coefficient (Wildman–Crippen LogP) is 5.17. The van der Waals surface area contributed by atoms with Gasteiger partial charge in [-0.3, -0.25) is 0 Å². The Labute approximate surface area is 113 Å². The van der Waals surface area contributed by atoms with Crippen LogP contribution in [0.4, 0.5) is 0 Å². The molecule has 0 radical (unpaired) electrons. The zero-order chi connectivity index (χ0) is 14.4. The second kappa shape index (κ2) is 13.9. The third-order valence-electron chi connectivity index (χ3n) is 1.72. The molecule has 2 nitrogen and oxygen atoms in total.